The number of esters is 1. The molecular weight excluding hydrogens is 488 g/mol. The van der Waals surface area contributed by atoms with Crippen LogP contribution in [0.25, 0.3) is 0 Å². The van der Waals surface area contributed by atoms with Gasteiger partial charge in [0.15, 0.2) is 29.3 Å². The quantitative estimate of drug-likeness (QED) is 0.214. The van der Waals surface area contributed by atoms with Crippen molar-refractivity contribution in [3.05, 3.63) is 29.3 Å². The number of ether oxygens (including phenoxy) is 3. The molecule has 0 spiro atoms. The Morgan fingerprint density at radius 1 is 1.11 bits per heavy atom. The van der Waals surface area contributed by atoms with Crippen LogP contribution in [-0.2, 0) is 19.0 Å². The van der Waals surface area contributed by atoms with Crippen LogP contribution in [0, 0.1) is 11.3 Å². The fraction of sp³-hybridized carbons (Fsp3) is 0.615. The van der Waals surface area contributed by atoms with Gasteiger partial charge in [-0.2, -0.15) is 0 Å². The van der Waals surface area contributed by atoms with Crippen LogP contribution in [0.1, 0.15) is 57.3 Å². The number of aliphatic hydroxyl groups excluding tert-OH is 3. The van der Waals surface area contributed by atoms with E-state index in [2.05, 4.69) is 13.8 Å². The van der Waals surface area contributed by atoms with Crippen LogP contribution in [0.2, 0.25) is 0 Å². The van der Waals surface area contributed by atoms with E-state index >= 15 is 0 Å². The minimum absolute atomic E-state index is 0.111. The summed E-state index contributed by atoms with van der Waals surface area (Å²) in [5, 5.41) is 59.6. The van der Waals surface area contributed by atoms with Crippen LogP contribution in [0.4, 0.5) is 0 Å². The number of aromatic hydroxyl groups is 3. The molecular formula is C26H36O11. The van der Waals surface area contributed by atoms with Crippen LogP contribution in [0.15, 0.2) is 23.8 Å². The van der Waals surface area contributed by atoms with E-state index < -0.39 is 66.6 Å². The number of phenolic OH excluding ortho intramolecular Hbond substituents is 3. The van der Waals surface area contributed by atoms with Crippen molar-refractivity contribution >= 4 is 11.8 Å². The Kier molecular flexibility index (Phi) is 8.86. The lowest BCUT2D eigenvalue weighted by molar-refractivity contribution is -0.310. The summed E-state index contributed by atoms with van der Waals surface area (Å²) in [7, 11) is 0. The average molecular weight is 525 g/mol. The zero-order valence-electron chi connectivity index (χ0n) is 21.3. The molecule has 1 aliphatic heterocycles. The zero-order valence-corrected chi connectivity index (χ0v) is 21.3. The lowest BCUT2D eigenvalue weighted by atomic mass is 9.66. The van der Waals surface area contributed by atoms with Gasteiger partial charge in [0.05, 0.1) is 11.7 Å². The van der Waals surface area contributed by atoms with Gasteiger partial charge in [0, 0.05) is 6.42 Å². The monoisotopic (exact) mass is 524 g/mol. The first-order valence-corrected chi connectivity index (χ1v) is 12.2. The van der Waals surface area contributed by atoms with Crippen LogP contribution in [0.5, 0.6) is 17.2 Å². The number of phenols is 3. The standard InChI is InChI=1S/C26H36O11/c1-12-7-15(27)10-26(3,4)16(12)6-5-13(2)36-25-23(33)22(32)21(31)19(37-25)11-35-24(34)14-8-17(28)20(30)18(29)9-14/h7-9,13,16,19,21-23,25,28-33H,5-6,10-11H2,1-4H3/t13-,16-,19+,21+,22-,23+,25+/m1/s1. The van der Waals surface area contributed by atoms with E-state index in [1.807, 2.05) is 6.92 Å². The van der Waals surface area contributed by atoms with E-state index in [0.717, 1.165) is 24.1 Å². The zero-order chi connectivity index (χ0) is 27.7. The molecule has 37 heavy (non-hydrogen) atoms. The summed E-state index contributed by atoms with van der Waals surface area (Å²) in [6.45, 7) is 7.29. The molecule has 2 aliphatic rings. The van der Waals surface area contributed by atoms with E-state index in [0.29, 0.717) is 12.8 Å². The van der Waals surface area contributed by atoms with Crippen LogP contribution >= 0.6 is 0 Å². The Morgan fingerprint density at radius 3 is 2.32 bits per heavy atom. The van der Waals surface area contributed by atoms with Crippen LogP contribution < -0.4 is 0 Å². The number of hydrogen-bond donors (Lipinski definition) is 6. The minimum Gasteiger partial charge on any atom is -0.504 e. The largest absolute Gasteiger partial charge is 0.504 e. The molecule has 1 aromatic rings. The minimum atomic E-state index is -1.63. The highest BCUT2D eigenvalue weighted by Gasteiger charge is 2.45. The second-order valence-corrected chi connectivity index (χ2v) is 10.6. The SMILES string of the molecule is CC1=CC(=O)CC(C)(C)[C@@H]1CC[C@@H](C)O[C@H]1O[C@@H](COC(=O)c2cc(O)c(O)c(O)c2)[C@H](O)[C@@H](O)[C@@H]1O. The summed E-state index contributed by atoms with van der Waals surface area (Å²) in [5.74, 6) is -2.95. The fourth-order valence-electron chi connectivity index (χ4n) is 5.04. The predicted molar refractivity (Wildman–Crippen MR) is 129 cm³/mol. The number of ketones is 1. The van der Waals surface area contributed by atoms with Crippen molar-refractivity contribution in [3.63, 3.8) is 0 Å². The molecule has 1 aromatic carbocycles. The smallest absolute Gasteiger partial charge is 0.338 e. The molecule has 0 aromatic heterocycles. The van der Waals surface area contributed by atoms with Gasteiger partial charge in [-0.25, -0.2) is 4.79 Å². The van der Waals surface area contributed by atoms with Gasteiger partial charge in [0.2, 0.25) is 0 Å². The van der Waals surface area contributed by atoms with Crippen LogP contribution in [-0.4, -0.2) is 85.8 Å². The number of rotatable bonds is 8. The normalized spacial score (nSPS) is 30.5. The highest BCUT2D eigenvalue weighted by atomic mass is 16.7. The molecule has 0 saturated carbocycles. The number of carbonyl (C=O) groups is 2. The first-order chi connectivity index (χ1) is 17.2. The predicted octanol–water partition coefficient (Wildman–Crippen LogP) is 1.51. The van der Waals surface area contributed by atoms with Crippen molar-refractivity contribution in [3.8, 4) is 17.2 Å². The van der Waals surface area contributed by atoms with Crippen molar-refractivity contribution in [2.45, 2.75) is 83.8 Å². The second kappa shape index (κ2) is 11.4. The van der Waals surface area contributed by atoms with E-state index in [-0.39, 0.29) is 22.7 Å². The van der Waals surface area contributed by atoms with E-state index in [1.165, 1.54) is 0 Å². The summed E-state index contributed by atoms with van der Waals surface area (Å²) in [6, 6.07) is 1.78. The number of allylic oxidation sites excluding steroid dienone is 2. The highest BCUT2D eigenvalue weighted by Crippen LogP contribution is 2.42. The fourth-order valence-corrected chi connectivity index (χ4v) is 5.04. The Balaban J connectivity index is 1.59. The number of carbonyl (C=O) groups excluding carboxylic acids is 2. The van der Waals surface area contributed by atoms with Crippen molar-refractivity contribution in [1.82, 2.24) is 0 Å². The molecule has 1 heterocycles. The molecule has 3 rings (SSSR count). The highest BCUT2D eigenvalue weighted by molar-refractivity contribution is 5.92. The molecule has 1 aliphatic carbocycles. The Hall–Kier alpha value is -2.70. The molecule has 206 valence electrons. The molecule has 1 fully saturated rings. The Bertz CT molecular complexity index is 1010. The van der Waals surface area contributed by atoms with Gasteiger partial charge >= 0.3 is 5.97 Å². The number of aliphatic hydroxyl groups is 3. The molecule has 0 amide bonds. The third-order valence-electron chi connectivity index (χ3n) is 7.09. The maximum atomic E-state index is 12.3. The van der Waals surface area contributed by atoms with Gasteiger partial charge in [-0.15, -0.1) is 0 Å². The average Bonchev–Trinajstić information content (AvgIpc) is 2.80. The lowest BCUT2D eigenvalue weighted by Crippen LogP contribution is -2.59. The molecule has 0 bridgehead atoms. The molecule has 1 saturated heterocycles. The Morgan fingerprint density at radius 2 is 1.73 bits per heavy atom. The van der Waals surface area contributed by atoms with Crippen molar-refractivity contribution in [2.75, 3.05) is 6.61 Å². The first-order valence-electron chi connectivity index (χ1n) is 12.2. The summed E-state index contributed by atoms with van der Waals surface area (Å²) in [5.41, 5.74) is 0.548. The third-order valence-corrected chi connectivity index (χ3v) is 7.09. The lowest BCUT2D eigenvalue weighted by Gasteiger charge is -2.41. The summed E-state index contributed by atoms with van der Waals surface area (Å²) in [6.07, 6.45) is -4.29. The van der Waals surface area contributed by atoms with Gasteiger partial charge in [-0.3, -0.25) is 4.79 Å². The maximum Gasteiger partial charge on any atom is 0.338 e. The van der Waals surface area contributed by atoms with Gasteiger partial charge < -0.3 is 44.8 Å². The van der Waals surface area contributed by atoms with Crippen molar-refractivity contribution in [1.29, 1.82) is 0 Å². The van der Waals surface area contributed by atoms with Gasteiger partial charge in [-0.05, 0) is 56.2 Å². The van der Waals surface area contributed by atoms with Crippen molar-refractivity contribution in [2.24, 2.45) is 11.3 Å². The molecule has 11 heteroatoms. The topological polar surface area (TPSA) is 183 Å². The molecule has 6 N–H and O–H groups in total. The number of hydrogen-bond acceptors (Lipinski definition) is 11. The molecule has 0 radical (unpaired) electrons. The maximum absolute atomic E-state index is 12.3. The van der Waals surface area contributed by atoms with Gasteiger partial charge in [-0.1, -0.05) is 19.4 Å². The molecule has 11 nitrogen and oxygen atoms in total. The second-order valence-electron chi connectivity index (χ2n) is 10.6. The Labute approximate surface area is 214 Å². The van der Waals surface area contributed by atoms with Gasteiger partial charge in [0.25, 0.3) is 0 Å². The molecule has 0 unspecified atom stereocenters. The van der Waals surface area contributed by atoms with E-state index in [4.69, 9.17) is 14.2 Å². The van der Waals surface area contributed by atoms with Crippen LogP contribution in [0.3, 0.4) is 0 Å². The van der Waals surface area contributed by atoms with Crippen molar-refractivity contribution < 1.29 is 54.4 Å². The summed E-state index contributed by atoms with van der Waals surface area (Å²) < 4.78 is 16.5. The van der Waals surface area contributed by atoms with Gasteiger partial charge in [0.1, 0.15) is 31.0 Å². The number of benzene rings is 1. The summed E-state index contributed by atoms with van der Waals surface area (Å²) >= 11 is 0. The molecule has 7 atom stereocenters. The van der Waals surface area contributed by atoms with E-state index in [1.54, 1.807) is 13.0 Å². The first kappa shape index (κ1) is 28.9. The third kappa shape index (κ3) is 6.60. The summed E-state index contributed by atoms with van der Waals surface area (Å²) in [4.78, 5) is 24.2. The van der Waals surface area contributed by atoms with E-state index in [9.17, 15) is 40.2 Å².